The number of fused-ring (bicyclic) bond motifs is 3. The number of carbonyl (C=O) groups is 1. The summed E-state index contributed by atoms with van der Waals surface area (Å²) in [7, 11) is 0. The van der Waals surface area contributed by atoms with Gasteiger partial charge in [0.05, 0.1) is 29.2 Å². The number of unbranched alkanes of at least 4 members (excludes halogenated alkanes) is 1. The number of aryl methyl sites for hydroxylation is 1. The van der Waals surface area contributed by atoms with E-state index in [1.807, 2.05) is 17.9 Å². The van der Waals surface area contributed by atoms with E-state index < -0.39 is 36.2 Å². The number of rotatable bonds is 13. The van der Waals surface area contributed by atoms with Crippen molar-refractivity contribution in [1.82, 2.24) is 29.6 Å². The molecule has 3 fully saturated rings. The van der Waals surface area contributed by atoms with Crippen LogP contribution < -0.4 is 9.47 Å². The lowest BCUT2D eigenvalue weighted by molar-refractivity contribution is -0.153. The van der Waals surface area contributed by atoms with E-state index in [-0.39, 0.29) is 67.4 Å². The third-order valence-electron chi connectivity index (χ3n) is 10.5. The summed E-state index contributed by atoms with van der Waals surface area (Å²) < 4.78 is 95.6. The van der Waals surface area contributed by atoms with Gasteiger partial charge in [-0.3, -0.25) is 14.7 Å². The topological polar surface area (TPSA) is 114 Å². The van der Waals surface area contributed by atoms with Crippen LogP contribution in [0.4, 0.5) is 22.0 Å². The molecule has 0 amide bonds. The molecule has 16 heteroatoms. The molecule has 1 unspecified atom stereocenters. The molecule has 0 spiro atoms. The van der Waals surface area contributed by atoms with Crippen LogP contribution in [0.1, 0.15) is 82.1 Å². The minimum Gasteiger partial charge on any atom is -0.467 e. The Labute approximate surface area is 303 Å². The van der Waals surface area contributed by atoms with Crippen LogP contribution in [-0.2, 0) is 20.7 Å². The van der Waals surface area contributed by atoms with Crippen molar-refractivity contribution in [2.45, 2.75) is 102 Å². The number of carbonyl (C=O) groups excluding carboxylic acids is 1. The second-order valence-electron chi connectivity index (χ2n) is 14.2. The van der Waals surface area contributed by atoms with Gasteiger partial charge in [0.15, 0.2) is 18.7 Å². The van der Waals surface area contributed by atoms with Crippen molar-refractivity contribution in [1.29, 1.82) is 0 Å². The number of benzene rings is 1. The molecule has 4 aromatic rings. The molecule has 3 aromatic heterocycles. The number of pyridine rings is 1. The summed E-state index contributed by atoms with van der Waals surface area (Å²) in [4.78, 5) is 27.0. The van der Waals surface area contributed by atoms with Gasteiger partial charge in [0.25, 0.3) is 0 Å². The summed E-state index contributed by atoms with van der Waals surface area (Å²) in [6, 6.07) is 1.60. The van der Waals surface area contributed by atoms with E-state index in [4.69, 9.17) is 18.9 Å². The highest BCUT2D eigenvalue weighted by molar-refractivity contribution is 5.99. The number of alkyl halides is 4. The molecule has 0 N–H and O–H groups in total. The fraction of sp³-hybridized carbons (Fsp3) is 0.595. The molecular formula is C37H43F5N6O5. The Morgan fingerprint density at radius 2 is 1.96 bits per heavy atom. The molecular weight excluding hydrogens is 703 g/mol. The fourth-order valence-electron chi connectivity index (χ4n) is 8.06. The van der Waals surface area contributed by atoms with Gasteiger partial charge in [-0.2, -0.15) is 28.2 Å². The summed E-state index contributed by atoms with van der Waals surface area (Å²) in [6.45, 7) is 3.81. The first kappa shape index (κ1) is 37.1. The Morgan fingerprint density at radius 3 is 2.74 bits per heavy atom. The van der Waals surface area contributed by atoms with Crippen LogP contribution in [0.15, 0.2) is 18.5 Å². The summed E-state index contributed by atoms with van der Waals surface area (Å²) in [5, 5.41) is 5.11. The number of ether oxygens (including phenoxy) is 4. The molecule has 286 valence electrons. The van der Waals surface area contributed by atoms with Gasteiger partial charge in [-0.05, 0) is 89.0 Å². The zero-order valence-corrected chi connectivity index (χ0v) is 29.8. The van der Waals surface area contributed by atoms with E-state index in [9.17, 15) is 22.4 Å². The first-order chi connectivity index (χ1) is 25.5. The molecule has 3 saturated heterocycles. The van der Waals surface area contributed by atoms with E-state index >= 15 is 4.39 Å². The quantitative estimate of drug-likeness (QED) is 0.0782. The molecule has 0 bridgehead atoms. The monoisotopic (exact) mass is 746 g/mol. The van der Waals surface area contributed by atoms with Crippen LogP contribution in [0.3, 0.4) is 0 Å². The highest BCUT2D eigenvalue weighted by atomic mass is 19.4. The lowest BCUT2D eigenvalue weighted by Gasteiger charge is -2.30. The normalized spacial score (nSPS) is 22.1. The number of nitrogens with zero attached hydrogens (tertiary/aromatic N) is 6. The maximum atomic E-state index is 17.1. The largest absolute Gasteiger partial charge is 0.467 e. The first-order valence-corrected chi connectivity index (χ1v) is 18.3. The van der Waals surface area contributed by atoms with E-state index in [0.717, 1.165) is 36.8 Å². The molecule has 53 heavy (non-hydrogen) atoms. The van der Waals surface area contributed by atoms with Gasteiger partial charge >= 0.3 is 18.2 Å². The maximum Gasteiger partial charge on any atom is 0.422 e. The smallest absolute Gasteiger partial charge is 0.422 e. The van der Waals surface area contributed by atoms with Crippen LogP contribution in [0, 0.1) is 12.7 Å². The van der Waals surface area contributed by atoms with Crippen LogP contribution in [0.2, 0.25) is 0 Å². The van der Waals surface area contributed by atoms with E-state index in [1.54, 1.807) is 17.8 Å². The molecule has 0 radical (unpaired) electrons. The van der Waals surface area contributed by atoms with Crippen molar-refractivity contribution in [3.05, 3.63) is 35.4 Å². The fourth-order valence-corrected chi connectivity index (χ4v) is 8.06. The van der Waals surface area contributed by atoms with Gasteiger partial charge in [0.2, 0.25) is 5.88 Å². The summed E-state index contributed by atoms with van der Waals surface area (Å²) in [6.07, 6.45) is 3.06. The minimum absolute atomic E-state index is 0.0198. The molecule has 6 heterocycles. The number of aromatic nitrogens is 5. The number of esters is 1. The minimum atomic E-state index is -4.70. The highest BCUT2D eigenvalue weighted by Crippen LogP contribution is 2.42. The van der Waals surface area contributed by atoms with Gasteiger partial charge in [-0.15, -0.1) is 0 Å². The van der Waals surface area contributed by atoms with Crippen molar-refractivity contribution < 1.29 is 45.7 Å². The maximum absolute atomic E-state index is 17.1. The molecule has 3 aliphatic heterocycles. The zero-order chi connectivity index (χ0) is 37.3. The lowest BCUT2D eigenvalue weighted by atomic mass is 9.91. The van der Waals surface area contributed by atoms with Crippen molar-refractivity contribution >= 4 is 27.8 Å². The van der Waals surface area contributed by atoms with Crippen LogP contribution >= 0.6 is 0 Å². The second kappa shape index (κ2) is 15.3. The van der Waals surface area contributed by atoms with Crippen LogP contribution in [0.25, 0.3) is 33.1 Å². The average Bonchev–Trinajstić information content (AvgIpc) is 3.81. The van der Waals surface area contributed by atoms with Gasteiger partial charge < -0.3 is 18.9 Å². The summed E-state index contributed by atoms with van der Waals surface area (Å²) in [5.74, 6) is -1.74. The Balaban J connectivity index is 1.32. The van der Waals surface area contributed by atoms with Crippen molar-refractivity contribution in [3.8, 4) is 23.1 Å². The second-order valence-corrected chi connectivity index (χ2v) is 14.2. The van der Waals surface area contributed by atoms with Crippen LogP contribution in [-0.4, -0.2) is 93.0 Å². The number of hydrogen-bond donors (Lipinski definition) is 0. The predicted octanol–water partition coefficient (Wildman–Crippen LogP) is 7.36. The highest BCUT2D eigenvalue weighted by Gasteiger charge is 2.49. The van der Waals surface area contributed by atoms with E-state index in [2.05, 4.69) is 20.1 Å². The zero-order valence-electron chi connectivity index (χ0n) is 29.8. The van der Waals surface area contributed by atoms with Gasteiger partial charge in [0, 0.05) is 43.1 Å². The standard InChI is InChI=1S/C37H43F5N6O5/c1-3-50-29(49)11-5-4-9-24-22(2)15-27-25(18-44-48(27)28-10-6-7-14-51-28)30(24)33-31(39)32-26(17-43-33)34(52-21-37(40,41)42)46-35(45-32)53-20-36-12-8-13-47(36)19-23(38)16-36/h15,17-18,23,28H,3-14,16,19-21H2,1-2H3/t23-,28?,36+/m1/s1. The molecule has 11 nitrogen and oxygen atoms in total. The first-order valence-electron chi connectivity index (χ1n) is 18.3. The number of hydrogen-bond acceptors (Lipinski definition) is 10. The molecule has 1 aromatic carbocycles. The molecule has 3 aliphatic rings. The third kappa shape index (κ3) is 7.75. The average molecular weight is 747 g/mol. The van der Waals surface area contributed by atoms with Crippen LogP contribution in [0.5, 0.6) is 11.9 Å². The van der Waals surface area contributed by atoms with Gasteiger partial charge in [0.1, 0.15) is 24.0 Å². The van der Waals surface area contributed by atoms with Gasteiger partial charge in [-0.1, -0.05) is 0 Å². The molecule has 7 rings (SSSR count). The molecule has 0 aliphatic carbocycles. The Bertz CT molecular complexity index is 1970. The number of halogens is 5. The Morgan fingerprint density at radius 1 is 1.11 bits per heavy atom. The molecule has 0 saturated carbocycles. The summed E-state index contributed by atoms with van der Waals surface area (Å²) >= 11 is 0. The third-order valence-corrected chi connectivity index (χ3v) is 10.5. The Kier molecular flexibility index (Phi) is 10.7. The predicted molar refractivity (Wildman–Crippen MR) is 184 cm³/mol. The Hall–Kier alpha value is -4.18. The van der Waals surface area contributed by atoms with E-state index in [0.29, 0.717) is 55.3 Å². The van der Waals surface area contributed by atoms with Crippen molar-refractivity contribution in [2.24, 2.45) is 0 Å². The lowest BCUT2D eigenvalue weighted by Crippen LogP contribution is -2.43. The molecule has 3 atom stereocenters. The van der Waals surface area contributed by atoms with Gasteiger partial charge in [-0.25, -0.2) is 13.5 Å². The summed E-state index contributed by atoms with van der Waals surface area (Å²) in [5.41, 5.74) is 1.76. The van der Waals surface area contributed by atoms with Crippen molar-refractivity contribution in [3.63, 3.8) is 0 Å². The SMILES string of the molecule is CCOC(=O)CCCCc1c(C)cc2c(cnn2C2CCCCO2)c1-c1ncc2c(OCC(F)(F)F)nc(OC[C@@]34CCCN3C[C@H](F)C4)nc2c1F. The van der Waals surface area contributed by atoms with E-state index in [1.165, 1.54) is 6.20 Å². The van der Waals surface area contributed by atoms with Crippen molar-refractivity contribution in [2.75, 3.05) is 39.5 Å².